The van der Waals surface area contributed by atoms with Crippen molar-refractivity contribution in [1.29, 1.82) is 0 Å². The van der Waals surface area contributed by atoms with E-state index in [2.05, 4.69) is 5.32 Å². The Morgan fingerprint density at radius 1 is 1.17 bits per heavy atom. The van der Waals surface area contributed by atoms with E-state index in [4.69, 9.17) is 11.6 Å². The Labute approximate surface area is 146 Å². The van der Waals surface area contributed by atoms with Crippen molar-refractivity contribution in [3.05, 3.63) is 70.5 Å². The largest absolute Gasteiger partial charge is 0.313 e. The topological polar surface area (TPSA) is 49.4 Å². The molecule has 0 aromatic heterocycles. The Bertz CT molecular complexity index is 829. The molecule has 1 heterocycles. The van der Waals surface area contributed by atoms with Gasteiger partial charge in [-0.05, 0) is 17.7 Å². The fourth-order valence-electron chi connectivity index (χ4n) is 2.92. The molecular weight excluding hydrogens is 351 g/mol. The molecule has 128 valence electrons. The number of sulfonamides is 1. The smallest absolute Gasteiger partial charge is 0.219 e. The van der Waals surface area contributed by atoms with Gasteiger partial charge in [-0.15, -0.1) is 0 Å². The van der Waals surface area contributed by atoms with Crippen LogP contribution in [0.4, 0.5) is 4.39 Å². The summed E-state index contributed by atoms with van der Waals surface area (Å²) in [6.07, 6.45) is 0. The van der Waals surface area contributed by atoms with Crippen LogP contribution in [-0.4, -0.2) is 32.4 Å². The van der Waals surface area contributed by atoms with Crippen molar-refractivity contribution in [1.82, 2.24) is 9.62 Å². The molecule has 0 spiro atoms. The Hall–Kier alpha value is -1.47. The van der Waals surface area contributed by atoms with Crippen molar-refractivity contribution >= 4 is 21.6 Å². The third-order valence-electron chi connectivity index (χ3n) is 4.11. The van der Waals surface area contributed by atoms with Gasteiger partial charge in [-0.2, -0.15) is 4.31 Å². The Balaban J connectivity index is 1.92. The van der Waals surface area contributed by atoms with Crippen LogP contribution in [0.25, 0.3) is 0 Å². The van der Waals surface area contributed by atoms with Gasteiger partial charge < -0.3 is 5.32 Å². The highest BCUT2D eigenvalue weighted by molar-refractivity contribution is 7.88. The van der Waals surface area contributed by atoms with Crippen LogP contribution >= 0.6 is 11.6 Å². The number of hydrogen-bond acceptors (Lipinski definition) is 3. The van der Waals surface area contributed by atoms with E-state index in [1.807, 2.05) is 12.1 Å². The van der Waals surface area contributed by atoms with Crippen molar-refractivity contribution in [2.75, 3.05) is 19.6 Å². The van der Waals surface area contributed by atoms with E-state index in [1.54, 1.807) is 24.3 Å². The molecule has 1 atom stereocenters. The number of piperazine rings is 1. The fraction of sp³-hybridized carbons (Fsp3) is 0.294. The van der Waals surface area contributed by atoms with Crippen LogP contribution < -0.4 is 5.32 Å². The number of rotatable bonds is 4. The molecule has 0 aliphatic carbocycles. The van der Waals surface area contributed by atoms with Crippen LogP contribution in [0.1, 0.15) is 17.2 Å². The number of benzene rings is 2. The summed E-state index contributed by atoms with van der Waals surface area (Å²) in [5.41, 5.74) is 0.928. The second kappa shape index (κ2) is 7.19. The van der Waals surface area contributed by atoms with Crippen molar-refractivity contribution in [2.24, 2.45) is 0 Å². The molecule has 1 N–H and O–H groups in total. The second-order valence-corrected chi connectivity index (χ2v) is 8.03. The zero-order valence-corrected chi connectivity index (χ0v) is 14.5. The lowest BCUT2D eigenvalue weighted by Crippen LogP contribution is -2.49. The molecule has 7 heteroatoms. The minimum Gasteiger partial charge on any atom is -0.313 e. The Morgan fingerprint density at radius 2 is 1.88 bits per heavy atom. The summed E-state index contributed by atoms with van der Waals surface area (Å²) in [4.78, 5) is 0. The zero-order valence-electron chi connectivity index (χ0n) is 13.0. The van der Waals surface area contributed by atoms with Crippen LogP contribution in [0.5, 0.6) is 0 Å². The average Bonchev–Trinajstić information content (AvgIpc) is 2.57. The lowest BCUT2D eigenvalue weighted by atomic mass is 10.1. The van der Waals surface area contributed by atoms with E-state index >= 15 is 0 Å². The first-order valence-corrected chi connectivity index (χ1v) is 9.66. The predicted molar refractivity (Wildman–Crippen MR) is 92.8 cm³/mol. The molecule has 2 aromatic carbocycles. The van der Waals surface area contributed by atoms with Crippen molar-refractivity contribution in [3.63, 3.8) is 0 Å². The predicted octanol–water partition coefficient (Wildman–Crippen LogP) is 2.96. The monoisotopic (exact) mass is 368 g/mol. The normalized spacial score (nSPS) is 19.3. The van der Waals surface area contributed by atoms with Gasteiger partial charge in [-0.3, -0.25) is 0 Å². The summed E-state index contributed by atoms with van der Waals surface area (Å²) >= 11 is 6.25. The summed E-state index contributed by atoms with van der Waals surface area (Å²) < 4.78 is 41.1. The third kappa shape index (κ3) is 3.62. The van der Waals surface area contributed by atoms with Crippen LogP contribution in [0.15, 0.2) is 48.5 Å². The average molecular weight is 369 g/mol. The molecule has 0 amide bonds. The van der Waals surface area contributed by atoms with Gasteiger partial charge in [-0.25, -0.2) is 12.8 Å². The lowest BCUT2D eigenvalue weighted by Gasteiger charge is -2.36. The first-order chi connectivity index (χ1) is 11.5. The SMILES string of the molecule is O=S(=O)(Cc1ccccc1F)N1CCNCC1c1ccccc1Cl. The highest BCUT2D eigenvalue weighted by Gasteiger charge is 2.34. The Morgan fingerprint density at radius 3 is 2.62 bits per heavy atom. The van der Waals surface area contributed by atoms with Crippen LogP contribution in [-0.2, 0) is 15.8 Å². The third-order valence-corrected chi connectivity index (χ3v) is 6.28. The maximum Gasteiger partial charge on any atom is 0.219 e. The molecular formula is C17H18ClFN2O2S. The highest BCUT2D eigenvalue weighted by Crippen LogP contribution is 2.31. The summed E-state index contributed by atoms with van der Waals surface area (Å²) in [5.74, 6) is -0.869. The standard InChI is InChI=1S/C17H18ClFN2O2S/c18-15-7-3-2-6-14(15)17-11-20-9-10-21(17)24(22,23)12-13-5-1-4-8-16(13)19/h1-8,17,20H,9-12H2. The van der Waals surface area contributed by atoms with Gasteiger partial charge in [0.05, 0.1) is 11.8 Å². The van der Waals surface area contributed by atoms with Crippen LogP contribution in [0, 0.1) is 5.82 Å². The van der Waals surface area contributed by atoms with E-state index in [0.29, 0.717) is 24.7 Å². The number of nitrogens with zero attached hydrogens (tertiary/aromatic N) is 1. The second-order valence-electron chi connectivity index (χ2n) is 5.70. The zero-order chi connectivity index (χ0) is 17.2. The van der Waals surface area contributed by atoms with Gasteiger partial charge in [-0.1, -0.05) is 48.0 Å². The maximum atomic E-state index is 13.9. The molecule has 4 nitrogen and oxygen atoms in total. The van der Waals surface area contributed by atoms with E-state index < -0.39 is 21.9 Å². The van der Waals surface area contributed by atoms with Gasteiger partial charge in [0.1, 0.15) is 5.82 Å². The molecule has 1 fully saturated rings. The number of halogens is 2. The van der Waals surface area contributed by atoms with Gasteiger partial charge in [0.15, 0.2) is 0 Å². The molecule has 1 unspecified atom stereocenters. The van der Waals surface area contributed by atoms with E-state index in [1.165, 1.54) is 16.4 Å². The van der Waals surface area contributed by atoms with Gasteiger partial charge in [0.25, 0.3) is 0 Å². The molecule has 0 radical (unpaired) electrons. The molecule has 1 aliphatic heterocycles. The van der Waals surface area contributed by atoms with E-state index in [-0.39, 0.29) is 11.3 Å². The first kappa shape index (κ1) is 17.4. The minimum atomic E-state index is -3.68. The van der Waals surface area contributed by atoms with Crippen molar-refractivity contribution in [2.45, 2.75) is 11.8 Å². The van der Waals surface area contributed by atoms with Crippen molar-refractivity contribution < 1.29 is 12.8 Å². The van der Waals surface area contributed by atoms with Crippen molar-refractivity contribution in [3.8, 4) is 0 Å². The quantitative estimate of drug-likeness (QED) is 0.902. The molecule has 2 aromatic rings. The van der Waals surface area contributed by atoms with E-state index in [9.17, 15) is 12.8 Å². The molecule has 3 rings (SSSR count). The fourth-order valence-corrected chi connectivity index (χ4v) is 4.92. The first-order valence-electron chi connectivity index (χ1n) is 7.67. The Kier molecular flexibility index (Phi) is 5.20. The number of nitrogens with one attached hydrogen (secondary N) is 1. The number of hydrogen-bond donors (Lipinski definition) is 1. The van der Waals surface area contributed by atoms with Crippen LogP contribution in [0.3, 0.4) is 0 Å². The van der Waals surface area contributed by atoms with Gasteiger partial charge >= 0.3 is 0 Å². The van der Waals surface area contributed by atoms with Gasteiger partial charge in [0.2, 0.25) is 10.0 Å². The summed E-state index contributed by atoms with van der Waals surface area (Å²) in [6.45, 7) is 1.35. The van der Waals surface area contributed by atoms with Crippen LogP contribution in [0.2, 0.25) is 5.02 Å². The highest BCUT2D eigenvalue weighted by atomic mass is 35.5. The molecule has 24 heavy (non-hydrogen) atoms. The summed E-state index contributed by atoms with van der Waals surface area (Å²) in [7, 11) is -3.68. The van der Waals surface area contributed by atoms with E-state index in [0.717, 1.165) is 5.56 Å². The molecule has 0 bridgehead atoms. The summed E-state index contributed by atoms with van der Waals surface area (Å²) in [5, 5.41) is 3.72. The maximum absolute atomic E-state index is 13.9. The summed E-state index contributed by atoms with van der Waals surface area (Å²) in [6, 6.07) is 12.8. The lowest BCUT2D eigenvalue weighted by molar-refractivity contribution is 0.271. The molecule has 1 saturated heterocycles. The van der Waals surface area contributed by atoms with Gasteiger partial charge in [0, 0.05) is 30.2 Å². The molecule has 0 saturated carbocycles. The molecule has 1 aliphatic rings. The minimum absolute atomic E-state index is 0.175.